The third-order valence-electron chi connectivity index (χ3n) is 6.82. The Hall–Kier alpha value is -3.08. The molecule has 0 aliphatic carbocycles. The van der Waals surface area contributed by atoms with E-state index in [0.29, 0.717) is 31.4 Å². The van der Waals surface area contributed by atoms with Gasteiger partial charge in [-0.05, 0) is 37.1 Å². The molecule has 2 aromatic carbocycles. The van der Waals surface area contributed by atoms with Gasteiger partial charge in [0, 0.05) is 24.3 Å². The molecule has 252 valence electrons. The summed E-state index contributed by atoms with van der Waals surface area (Å²) in [6.07, 6.45) is -8.16. The molecular weight excluding hydrogens is 717 g/mol. The number of thioether (sulfide) groups is 2. The first-order valence-corrected chi connectivity index (χ1v) is 16.7. The number of aromatic nitrogens is 4. The van der Waals surface area contributed by atoms with Crippen molar-refractivity contribution in [1.29, 1.82) is 0 Å². The highest BCUT2D eigenvalue weighted by atomic mass is 35.5. The molecule has 0 amide bonds. The second-order valence-electron chi connectivity index (χ2n) is 10.0. The third kappa shape index (κ3) is 7.98. The molecule has 0 unspecified atom stereocenters. The first kappa shape index (κ1) is 36.8. The van der Waals surface area contributed by atoms with Crippen molar-refractivity contribution in [2.75, 3.05) is 11.5 Å². The molecule has 8 nitrogen and oxygen atoms in total. The average Bonchev–Trinajstić information content (AvgIpc) is 3.55. The van der Waals surface area contributed by atoms with E-state index in [1.165, 1.54) is 13.8 Å². The molecule has 2 aromatic heterocycles. The fraction of sp³-hybridized carbons (Fsp3) is 0.379. The number of rotatable bonds is 10. The number of hydrogen-bond acceptors (Lipinski definition) is 8. The number of carbonyl (C=O) groups excluding carboxylic acids is 4. The smallest absolute Gasteiger partial charge is 0.278 e. The van der Waals surface area contributed by atoms with Crippen LogP contribution in [-0.4, -0.2) is 52.7 Å². The van der Waals surface area contributed by atoms with Crippen LogP contribution in [-0.2, 0) is 12.4 Å². The first-order chi connectivity index (χ1) is 22.0. The average molecular weight is 742 g/mol. The Labute approximate surface area is 281 Å². The molecule has 0 spiro atoms. The number of alkyl halides is 6. The van der Waals surface area contributed by atoms with E-state index in [9.17, 15) is 45.5 Å². The summed E-state index contributed by atoms with van der Waals surface area (Å²) in [5, 5.41) is -2.49. The van der Waals surface area contributed by atoms with Crippen LogP contribution in [0.3, 0.4) is 0 Å². The summed E-state index contributed by atoms with van der Waals surface area (Å²) >= 11 is 13.3. The molecule has 18 heteroatoms. The van der Waals surface area contributed by atoms with Gasteiger partial charge in [0.2, 0.25) is 11.8 Å². The Bertz CT molecular complexity index is 1870. The van der Waals surface area contributed by atoms with Crippen LogP contribution in [0.25, 0.3) is 22.1 Å². The second-order valence-corrected chi connectivity index (χ2v) is 13.0. The minimum absolute atomic E-state index is 0.0152. The molecule has 0 bridgehead atoms. The van der Waals surface area contributed by atoms with E-state index < -0.39 is 55.6 Å². The van der Waals surface area contributed by atoms with Gasteiger partial charge >= 0.3 is 12.4 Å². The van der Waals surface area contributed by atoms with E-state index >= 15 is 0 Å². The normalized spacial score (nSPS) is 12.3. The van der Waals surface area contributed by atoms with Gasteiger partial charge in [-0.25, -0.2) is 9.97 Å². The molecule has 4 aromatic rings. The summed E-state index contributed by atoms with van der Waals surface area (Å²) < 4.78 is 82.0. The number of hydrogen-bond donors (Lipinski definition) is 0. The van der Waals surface area contributed by atoms with Crippen molar-refractivity contribution in [3.8, 4) is 0 Å². The number of benzene rings is 2. The largest absolute Gasteiger partial charge is 0.417 e. The summed E-state index contributed by atoms with van der Waals surface area (Å²) in [4.78, 5) is 59.2. The van der Waals surface area contributed by atoms with E-state index in [2.05, 4.69) is 9.97 Å². The lowest BCUT2D eigenvalue weighted by atomic mass is 10.2. The van der Waals surface area contributed by atoms with Gasteiger partial charge < -0.3 is 0 Å². The van der Waals surface area contributed by atoms with E-state index in [0.717, 1.165) is 44.8 Å². The van der Waals surface area contributed by atoms with Crippen LogP contribution in [0, 0.1) is 0 Å². The lowest BCUT2D eigenvalue weighted by molar-refractivity contribution is -0.138. The summed E-state index contributed by atoms with van der Waals surface area (Å²) in [5.41, 5.74) is -2.73. The van der Waals surface area contributed by atoms with Crippen molar-refractivity contribution in [1.82, 2.24) is 19.1 Å². The van der Waals surface area contributed by atoms with Crippen LogP contribution in [0.1, 0.15) is 87.9 Å². The van der Waals surface area contributed by atoms with Crippen LogP contribution < -0.4 is 0 Å². The van der Waals surface area contributed by atoms with E-state index in [1.54, 1.807) is 0 Å². The number of imidazole rings is 2. The number of fused-ring (bicyclic) bond motifs is 2. The predicted molar refractivity (Wildman–Crippen MR) is 169 cm³/mol. The van der Waals surface area contributed by atoms with Crippen LogP contribution in [0.5, 0.6) is 0 Å². The van der Waals surface area contributed by atoms with E-state index in [-0.39, 0.29) is 58.1 Å². The van der Waals surface area contributed by atoms with Crippen molar-refractivity contribution in [2.24, 2.45) is 0 Å². The van der Waals surface area contributed by atoms with Crippen molar-refractivity contribution in [3.63, 3.8) is 0 Å². The highest BCUT2D eigenvalue weighted by molar-refractivity contribution is 8.14. The number of halogens is 8. The quantitative estimate of drug-likeness (QED) is 0.117. The molecule has 0 aliphatic rings. The summed E-state index contributed by atoms with van der Waals surface area (Å²) in [7, 11) is 0. The highest BCUT2D eigenvalue weighted by Gasteiger charge is 2.36. The zero-order valence-electron chi connectivity index (χ0n) is 24.5. The van der Waals surface area contributed by atoms with Gasteiger partial charge in [0.25, 0.3) is 10.2 Å². The van der Waals surface area contributed by atoms with Crippen LogP contribution in [0.15, 0.2) is 24.3 Å². The molecule has 47 heavy (non-hydrogen) atoms. The zero-order chi connectivity index (χ0) is 34.8. The maximum atomic E-state index is 13.4. The van der Waals surface area contributed by atoms with Crippen molar-refractivity contribution in [2.45, 2.75) is 58.3 Å². The lowest BCUT2D eigenvalue weighted by Crippen LogP contribution is -2.16. The molecule has 0 aliphatic heterocycles. The third-order valence-corrected chi connectivity index (χ3v) is 9.32. The van der Waals surface area contributed by atoms with Crippen LogP contribution in [0.2, 0.25) is 10.0 Å². The molecule has 0 fully saturated rings. The van der Waals surface area contributed by atoms with Crippen molar-refractivity contribution in [3.05, 3.63) is 57.1 Å². The standard InChI is InChI=1S/C29H24Cl2F6N4O4S2/c1-3-22(42)40-20-11-15(29(35,36)37)16(30)12-19(20)39-25(40)27(45)47-9-7-5-6-8-46-26(44)24-38-18-10-14(28(32,33)34)17(31)13-21(18)41(24)23(43)4-2/h10-13H,3-9H2,1-2H3. The monoisotopic (exact) mass is 740 g/mol. The SMILES string of the molecule is CCC(=O)n1c(C(=O)SCCCCCSC(=O)c2nc3cc(Cl)c(C(F)(F)F)cc3n2C(=O)CC)nc2cc(C(F)(F)F)c(Cl)cc21. The Morgan fingerprint density at radius 3 is 1.51 bits per heavy atom. The maximum absolute atomic E-state index is 13.4. The van der Waals surface area contributed by atoms with Gasteiger partial charge in [-0.3, -0.25) is 28.3 Å². The summed E-state index contributed by atoms with van der Waals surface area (Å²) in [6, 6.07) is 3.31. The van der Waals surface area contributed by atoms with Crippen LogP contribution >= 0.6 is 46.7 Å². The van der Waals surface area contributed by atoms with E-state index in [4.69, 9.17) is 23.2 Å². The topological polar surface area (TPSA) is 104 Å². The number of nitrogens with zero attached hydrogens (tertiary/aromatic N) is 4. The molecular formula is C29H24Cl2F6N4O4S2. The van der Waals surface area contributed by atoms with Crippen molar-refractivity contribution < 1.29 is 45.5 Å². The molecule has 2 heterocycles. The fourth-order valence-electron chi connectivity index (χ4n) is 4.57. The molecule has 0 atom stereocenters. The fourth-order valence-corrected chi connectivity index (χ4v) is 6.70. The summed E-state index contributed by atoms with van der Waals surface area (Å²) in [6.45, 7) is 3.02. The second kappa shape index (κ2) is 14.6. The lowest BCUT2D eigenvalue weighted by Gasteiger charge is -2.10. The van der Waals surface area contributed by atoms with Gasteiger partial charge in [0.1, 0.15) is 0 Å². The zero-order valence-corrected chi connectivity index (χ0v) is 27.7. The highest BCUT2D eigenvalue weighted by Crippen LogP contribution is 2.39. The van der Waals surface area contributed by atoms with Crippen molar-refractivity contribution >= 4 is 90.8 Å². The van der Waals surface area contributed by atoms with E-state index in [1.807, 2.05) is 0 Å². The Morgan fingerprint density at radius 2 is 1.06 bits per heavy atom. The van der Waals surface area contributed by atoms with Gasteiger partial charge in [0.05, 0.1) is 43.2 Å². The van der Waals surface area contributed by atoms with Gasteiger partial charge in [-0.2, -0.15) is 26.3 Å². The number of unbranched alkanes of at least 4 members (excludes halogenated alkanes) is 2. The molecule has 0 saturated carbocycles. The van der Waals surface area contributed by atoms with Gasteiger partial charge in [-0.1, -0.05) is 67.0 Å². The van der Waals surface area contributed by atoms with Crippen LogP contribution in [0.4, 0.5) is 26.3 Å². The van der Waals surface area contributed by atoms with Gasteiger partial charge in [-0.15, -0.1) is 0 Å². The number of carbonyl (C=O) groups is 4. The molecule has 0 N–H and O–H groups in total. The Morgan fingerprint density at radius 1 is 0.660 bits per heavy atom. The summed E-state index contributed by atoms with van der Waals surface area (Å²) in [5.74, 6) is -1.25. The molecule has 4 rings (SSSR count). The maximum Gasteiger partial charge on any atom is 0.417 e. The minimum Gasteiger partial charge on any atom is -0.278 e. The molecule has 0 saturated heterocycles. The molecule has 0 radical (unpaired) electrons. The first-order valence-electron chi connectivity index (χ1n) is 14.0. The van der Waals surface area contributed by atoms with Gasteiger partial charge in [0.15, 0.2) is 11.6 Å². The Balaban J connectivity index is 1.37. The minimum atomic E-state index is -4.78. The Kier molecular flexibility index (Phi) is 11.4. The predicted octanol–water partition coefficient (Wildman–Crippen LogP) is 9.45.